The van der Waals surface area contributed by atoms with E-state index in [1.54, 1.807) is 7.05 Å². The van der Waals surface area contributed by atoms with Crippen LogP contribution in [0.3, 0.4) is 0 Å². The minimum atomic E-state index is -1.10. The fourth-order valence-corrected chi connectivity index (χ4v) is 0.990. The lowest BCUT2D eigenvalue weighted by Gasteiger charge is -2.20. The second-order valence-corrected chi connectivity index (χ2v) is 3.51. The first-order valence-electron chi connectivity index (χ1n) is 4.05. The van der Waals surface area contributed by atoms with E-state index in [1.165, 1.54) is 11.2 Å². The number of hydrogen-bond acceptors (Lipinski definition) is 3. The minimum Gasteiger partial charge on any atom is -0.390 e. The molecule has 13 heavy (non-hydrogen) atoms. The van der Waals surface area contributed by atoms with Crippen LogP contribution in [0.4, 0.5) is 0 Å². The quantitative estimate of drug-likeness (QED) is 0.752. The average molecular weight is 205 g/mol. The predicted molar refractivity (Wildman–Crippen MR) is 58.5 cm³/mol. The highest BCUT2D eigenvalue weighted by Gasteiger charge is 2.07. The van der Waals surface area contributed by atoms with Crippen molar-refractivity contribution in [1.82, 2.24) is 4.90 Å². The van der Waals surface area contributed by atoms with Gasteiger partial charge in [-0.3, -0.25) is 4.21 Å². The van der Waals surface area contributed by atoms with Gasteiger partial charge in [-0.25, -0.2) is 0 Å². The minimum absolute atomic E-state index is 0.146. The number of aliphatic hydroxyl groups is 1. The molecule has 1 N–H and O–H groups in total. The Morgan fingerprint density at radius 3 is 2.08 bits per heavy atom. The molecule has 3 nitrogen and oxygen atoms in total. The van der Waals surface area contributed by atoms with Gasteiger partial charge in [0.15, 0.2) is 0 Å². The van der Waals surface area contributed by atoms with Crippen LogP contribution in [-0.4, -0.2) is 34.1 Å². The Morgan fingerprint density at radius 1 is 1.46 bits per heavy atom. The monoisotopic (exact) mass is 205 g/mol. The molecule has 0 spiro atoms. The Hall–Kier alpha value is -0.610. The van der Waals surface area contributed by atoms with Gasteiger partial charge >= 0.3 is 0 Å². The smallest absolute Gasteiger partial charge is 0.0985 e. The molecule has 0 aliphatic rings. The largest absolute Gasteiger partial charge is 0.390 e. The van der Waals surface area contributed by atoms with Crippen molar-refractivity contribution in [3.05, 3.63) is 23.9 Å². The molecule has 0 aliphatic heterocycles. The molecule has 1 atom stereocenters. The van der Waals surface area contributed by atoms with E-state index in [0.717, 1.165) is 0 Å². The van der Waals surface area contributed by atoms with Crippen LogP contribution >= 0.6 is 0 Å². The highest BCUT2D eigenvalue weighted by molar-refractivity contribution is 7.88. The maximum atomic E-state index is 10.9. The number of rotatable bonds is 4. The second-order valence-electron chi connectivity index (χ2n) is 2.13. The molecule has 0 heterocycles. The highest BCUT2D eigenvalue weighted by atomic mass is 32.2. The van der Waals surface area contributed by atoms with Crippen molar-refractivity contribution < 1.29 is 9.32 Å². The first-order chi connectivity index (χ1) is 6.00. The van der Waals surface area contributed by atoms with Crippen molar-refractivity contribution in [1.29, 1.82) is 0 Å². The number of aliphatic hydroxyl groups excluding tert-OH is 1. The molecule has 0 rings (SSSR count). The normalized spacial score (nSPS) is 10.8. The third-order valence-electron chi connectivity index (χ3n) is 1.36. The summed E-state index contributed by atoms with van der Waals surface area (Å²) in [7, 11) is 0.566. The van der Waals surface area contributed by atoms with Crippen molar-refractivity contribution in [2.75, 3.05) is 19.9 Å². The fourth-order valence-electron chi connectivity index (χ4n) is 0.475. The fraction of sp³-hybridized carbons (Fsp3) is 0.556. The van der Waals surface area contributed by atoms with E-state index >= 15 is 0 Å². The summed E-state index contributed by atoms with van der Waals surface area (Å²) in [4.78, 5) is 1.52. The standard InChI is InChI=1S/C7H13NO2S.C2H6/c1-6(5-9)8(3)7(2)11(4)10;1-2/h9H,1-2,5H2,3-4H3;1-2H3. The Balaban J connectivity index is 0. The van der Waals surface area contributed by atoms with Crippen LogP contribution < -0.4 is 0 Å². The molecule has 0 amide bonds. The van der Waals surface area contributed by atoms with E-state index in [-0.39, 0.29) is 6.61 Å². The summed E-state index contributed by atoms with van der Waals surface area (Å²) >= 11 is 0. The summed E-state index contributed by atoms with van der Waals surface area (Å²) in [6.07, 6.45) is 1.53. The zero-order valence-corrected chi connectivity index (χ0v) is 9.65. The maximum Gasteiger partial charge on any atom is 0.0985 e. The van der Waals surface area contributed by atoms with Crippen LogP contribution in [0.1, 0.15) is 13.8 Å². The summed E-state index contributed by atoms with van der Waals surface area (Å²) in [6, 6.07) is 0. The van der Waals surface area contributed by atoms with Crippen molar-refractivity contribution in [2.45, 2.75) is 13.8 Å². The summed E-state index contributed by atoms with van der Waals surface area (Å²) in [6.45, 7) is 11.0. The van der Waals surface area contributed by atoms with Gasteiger partial charge in [0, 0.05) is 19.0 Å². The number of likely N-dealkylation sites (N-methyl/N-ethyl adjacent to an activating group) is 1. The SMILES string of the molecule is C=C(CO)N(C)C(=C)S(C)=O.CC. The van der Waals surface area contributed by atoms with Gasteiger partial charge in [0.2, 0.25) is 0 Å². The van der Waals surface area contributed by atoms with E-state index in [0.29, 0.717) is 10.7 Å². The molecular weight excluding hydrogens is 186 g/mol. The summed E-state index contributed by atoms with van der Waals surface area (Å²) in [5.74, 6) is 0. The highest BCUT2D eigenvalue weighted by Crippen LogP contribution is 2.08. The molecule has 0 saturated heterocycles. The van der Waals surface area contributed by atoms with Gasteiger partial charge in [0.05, 0.1) is 22.4 Å². The molecular formula is C9H19NO2S. The molecule has 1 unspecified atom stereocenters. The molecule has 0 fully saturated rings. The maximum absolute atomic E-state index is 10.9. The van der Waals surface area contributed by atoms with Crippen molar-refractivity contribution in [2.24, 2.45) is 0 Å². The number of nitrogens with zero attached hydrogens (tertiary/aromatic N) is 1. The molecule has 0 bridgehead atoms. The lowest BCUT2D eigenvalue weighted by molar-refractivity contribution is 0.297. The van der Waals surface area contributed by atoms with Gasteiger partial charge < -0.3 is 10.0 Å². The van der Waals surface area contributed by atoms with Gasteiger partial charge in [-0.1, -0.05) is 27.0 Å². The van der Waals surface area contributed by atoms with Gasteiger partial charge in [-0.2, -0.15) is 0 Å². The zero-order chi connectivity index (χ0) is 11.0. The molecule has 0 radical (unpaired) electrons. The predicted octanol–water partition coefficient (Wildman–Crippen LogP) is 1.30. The molecule has 0 aromatic heterocycles. The van der Waals surface area contributed by atoms with Crippen LogP contribution in [0.5, 0.6) is 0 Å². The Kier molecular flexibility index (Phi) is 9.17. The average Bonchev–Trinajstić information content (AvgIpc) is 2.17. The van der Waals surface area contributed by atoms with Crippen LogP contribution in [-0.2, 0) is 10.8 Å². The van der Waals surface area contributed by atoms with E-state index in [9.17, 15) is 4.21 Å². The van der Waals surface area contributed by atoms with Gasteiger partial charge in [0.1, 0.15) is 0 Å². The molecule has 0 aliphatic carbocycles. The third kappa shape index (κ3) is 5.60. The topological polar surface area (TPSA) is 40.5 Å². The molecule has 0 aromatic rings. The lowest BCUT2D eigenvalue weighted by atomic mass is 10.5. The van der Waals surface area contributed by atoms with Crippen LogP contribution in [0.15, 0.2) is 23.9 Å². The Labute approximate surface area is 83.2 Å². The summed E-state index contributed by atoms with van der Waals surface area (Å²) in [5, 5.41) is 9.10. The molecule has 0 saturated carbocycles. The van der Waals surface area contributed by atoms with E-state index < -0.39 is 10.8 Å². The van der Waals surface area contributed by atoms with E-state index in [1.807, 2.05) is 13.8 Å². The first kappa shape index (κ1) is 14.9. The molecule has 4 heteroatoms. The number of hydrogen-bond donors (Lipinski definition) is 1. The van der Waals surface area contributed by atoms with Crippen molar-refractivity contribution >= 4 is 10.8 Å². The zero-order valence-electron chi connectivity index (χ0n) is 8.83. The van der Waals surface area contributed by atoms with Gasteiger partial charge in [0.25, 0.3) is 0 Å². The Bertz CT molecular complexity index is 202. The van der Waals surface area contributed by atoms with Crippen molar-refractivity contribution in [3.63, 3.8) is 0 Å². The Morgan fingerprint density at radius 2 is 1.85 bits per heavy atom. The van der Waals surface area contributed by atoms with Crippen LogP contribution in [0.25, 0.3) is 0 Å². The van der Waals surface area contributed by atoms with E-state index in [4.69, 9.17) is 5.11 Å². The van der Waals surface area contributed by atoms with E-state index in [2.05, 4.69) is 13.2 Å². The summed E-state index contributed by atoms with van der Waals surface area (Å²) in [5.41, 5.74) is 0.491. The second kappa shape index (κ2) is 8.01. The van der Waals surface area contributed by atoms with Crippen molar-refractivity contribution in [3.8, 4) is 0 Å². The third-order valence-corrected chi connectivity index (χ3v) is 2.30. The summed E-state index contributed by atoms with van der Waals surface area (Å²) < 4.78 is 10.9. The lowest BCUT2D eigenvalue weighted by Crippen LogP contribution is -2.20. The van der Waals surface area contributed by atoms with Crippen LogP contribution in [0.2, 0.25) is 0 Å². The van der Waals surface area contributed by atoms with Gasteiger partial charge in [-0.05, 0) is 0 Å². The van der Waals surface area contributed by atoms with Crippen LogP contribution in [0, 0.1) is 0 Å². The molecule has 78 valence electrons. The molecule has 0 aromatic carbocycles. The first-order valence-corrected chi connectivity index (χ1v) is 5.61. The van der Waals surface area contributed by atoms with Gasteiger partial charge in [-0.15, -0.1) is 0 Å².